The normalized spacial score (nSPS) is 27.4. The van der Waals surface area contributed by atoms with Gasteiger partial charge in [0.25, 0.3) is 0 Å². The molecule has 0 bridgehead atoms. The summed E-state index contributed by atoms with van der Waals surface area (Å²) in [4.78, 5) is 2.50. The molecule has 3 heteroatoms. The summed E-state index contributed by atoms with van der Waals surface area (Å²) in [5, 5.41) is 3.72. The van der Waals surface area contributed by atoms with E-state index in [4.69, 9.17) is 4.74 Å². The van der Waals surface area contributed by atoms with Crippen molar-refractivity contribution in [2.75, 3.05) is 40.4 Å². The Kier molecular flexibility index (Phi) is 8.74. The lowest BCUT2D eigenvalue weighted by molar-refractivity contribution is 0.125. The molecule has 3 unspecified atom stereocenters. The molecule has 0 radical (unpaired) electrons. The summed E-state index contributed by atoms with van der Waals surface area (Å²) in [5.74, 6) is 2.56. The van der Waals surface area contributed by atoms with Crippen LogP contribution in [0.1, 0.15) is 46.5 Å². The molecule has 0 spiro atoms. The van der Waals surface area contributed by atoms with Crippen molar-refractivity contribution in [1.29, 1.82) is 0 Å². The van der Waals surface area contributed by atoms with E-state index in [1.165, 1.54) is 25.8 Å². The zero-order valence-electron chi connectivity index (χ0n) is 14.3. The van der Waals surface area contributed by atoms with Crippen LogP contribution in [0.2, 0.25) is 0 Å². The minimum atomic E-state index is 0.722. The summed E-state index contributed by atoms with van der Waals surface area (Å²) >= 11 is 0. The van der Waals surface area contributed by atoms with Gasteiger partial charge in [0, 0.05) is 32.8 Å². The van der Waals surface area contributed by atoms with Crippen LogP contribution in [0.25, 0.3) is 0 Å². The second kappa shape index (κ2) is 9.75. The Labute approximate surface area is 126 Å². The molecule has 0 saturated heterocycles. The summed E-state index contributed by atoms with van der Waals surface area (Å²) in [6, 6.07) is 0.722. The van der Waals surface area contributed by atoms with Crippen LogP contribution in [0.4, 0.5) is 0 Å². The Morgan fingerprint density at radius 1 is 1.30 bits per heavy atom. The molecule has 1 rings (SSSR count). The molecule has 3 nitrogen and oxygen atoms in total. The van der Waals surface area contributed by atoms with Crippen LogP contribution < -0.4 is 5.32 Å². The van der Waals surface area contributed by atoms with Gasteiger partial charge >= 0.3 is 0 Å². The van der Waals surface area contributed by atoms with Gasteiger partial charge in [0.2, 0.25) is 0 Å². The molecule has 0 aromatic rings. The molecule has 1 fully saturated rings. The van der Waals surface area contributed by atoms with Crippen molar-refractivity contribution in [3.8, 4) is 0 Å². The first-order valence-corrected chi connectivity index (χ1v) is 8.49. The number of nitrogens with one attached hydrogen (secondary N) is 1. The van der Waals surface area contributed by atoms with E-state index in [0.717, 1.165) is 49.9 Å². The lowest BCUT2D eigenvalue weighted by atomic mass is 9.73. The molecule has 0 amide bonds. The highest BCUT2D eigenvalue weighted by Gasteiger charge is 2.31. The number of methoxy groups -OCH3 is 1. The largest absolute Gasteiger partial charge is 0.385 e. The molecule has 1 aliphatic carbocycles. The third kappa shape index (κ3) is 6.11. The minimum absolute atomic E-state index is 0.722. The molecule has 0 aromatic carbocycles. The molecular formula is C17H36N2O. The number of nitrogens with zero attached hydrogens (tertiary/aromatic N) is 1. The van der Waals surface area contributed by atoms with Crippen molar-refractivity contribution in [2.24, 2.45) is 17.8 Å². The SMILES string of the molecule is CCNC1CCC(C(C)C)CC1CN(C)CCCOC. The van der Waals surface area contributed by atoms with Crippen LogP contribution in [0.3, 0.4) is 0 Å². The topological polar surface area (TPSA) is 24.5 Å². The van der Waals surface area contributed by atoms with E-state index in [0.29, 0.717) is 0 Å². The second-order valence-electron chi connectivity index (χ2n) is 6.85. The van der Waals surface area contributed by atoms with E-state index < -0.39 is 0 Å². The van der Waals surface area contributed by atoms with Gasteiger partial charge < -0.3 is 15.0 Å². The van der Waals surface area contributed by atoms with E-state index in [-0.39, 0.29) is 0 Å². The Morgan fingerprint density at radius 3 is 2.65 bits per heavy atom. The van der Waals surface area contributed by atoms with Crippen molar-refractivity contribution in [1.82, 2.24) is 10.2 Å². The standard InChI is InChI=1S/C17H36N2O/c1-6-18-17-9-8-15(14(2)3)12-16(17)13-19(4)10-7-11-20-5/h14-18H,6-13H2,1-5H3. The van der Waals surface area contributed by atoms with Crippen LogP contribution in [-0.4, -0.2) is 51.3 Å². The highest BCUT2D eigenvalue weighted by Crippen LogP contribution is 2.34. The van der Waals surface area contributed by atoms with Gasteiger partial charge in [-0.3, -0.25) is 0 Å². The smallest absolute Gasteiger partial charge is 0.0474 e. The highest BCUT2D eigenvalue weighted by atomic mass is 16.5. The predicted molar refractivity (Wildman–Crippen MR) is 87.1 cm³/mol. The van der Waals surface area contributed by atoms with Crippen molar-refractivity contribution in [3.63, 3.8) is 0 Å². The van der Waals surface area contributed by atoms with E-state index >= 15 is 0 Å². The molecule has 1 saturated carbocycles. The molecular weight excluding hydrogens is 248 g/mol. The van der Waals surface area contributed by atoms with E-state index in [2.05, 4.69) is 38.0 Å². The number of rotatable bonds is 9. The van der Waals surface area contributed by atoms with Gasteiger partial charge in [-0.05, 0) is 57.0 Å². The summed E-state index contributed by atoms with van der Waals surface area (Å²) in [6.07, 6.45) is 5.29. The van der Waals surface area contributed by atoms with Gasteiger partial charge in [-0.2, -0.15) is 0 Å². The Balaban J connectivity index is 2.46. The molecule has 1 N–H and O–H groups in total. The summed E-state index contributed by atoms with van der Waals surface area (Å²) in [7, 11) is 4.05. The Morgan fingerprint density at radius 2 is 2.05 bits per heavy atom. The van der Waals surface area contributed by atoms with Crippen molar-refractivity contribution in [3.05, 3.63) is 0 Å². The van der Waals surface area contributed by atoms with E-state index in [9.17, 15) is 0 Å². The van der Waals surface area contributed by atoms with Gasteiger partial charge in [-0.25, -0.2) is 0 Å². The summed E-state index contributed by atoms with van der Waals surface area (Å²) in [5.41, 5.74) is 0. The Bertz CT molecular complexity index is 245. The third-order valence-electron chi connectivity index (χ3n) is 4.87. The van der Waals surface area contributed by atoms with Crippen molar-refractivity contribution in [2.45, 2.75) is 52.5 Å². The summed E-state index contributed by atoms with van der Waals surface area (Å²) < 4.78 is 5.15. The van der Waals surface area contributed by atoms with Gasteiger partial charge in [-0.1, -0.05) is 20.8 Å². The fourth-order valence-corrected chi connectivity index (χ4v) is 3.61. The first-order valence-electron chi connectivity index (χ1n) is 8.49. The van der Waals surface area contributed by atoms with Crippen LogP contribution in [-0.2, 0) is 4.74 Å². The first-order chi connectivity index (χ1) is 9.58. The molecule has 1 aliphatic rings. The predicted octanol–water partition coefficient (Wildman–Crippen LogP) is 3.01. The van der Waals surface area contributed by atoms with Gasteiger partial charge in [0.15, 0.2) is 0 Å². The number of hydrogen-bond donors (Lipinski definition) is 1. The molecule has 120 valence electrons. The average molecular weight is 284 g/mol. The lowest BCUT2D eigenvalue weighted by Gasteiger charge is -2.40. The fourth-order valence-electron chi connectivity index (χ4n) is 3.61. The lowest BCUT2D eigenvalue weighted by Crippen LogP contribution is -2.46. The molecule has 0 aromatic heterocycles. The maximum absolute atomic E-state index is 5.15. The quantitative estimate of drug-likeness (QED) is 0.659. The molecule has 0 aliphatic heterocycles. The molecule has 3 atom stereocenters. The average Bonchev–Trinajstić information content (AvgIpc) is 2.41. The van der Waals surface area contributed by atoms with Crippen molar-refractivity contribution < 1.29 is 4.74 Å². The zero-order chi connectivity index (χ0) is 15.0. The number of hydrogen-bond acceptors (Lipinski definition) is 3. The maximum Gasteiger partial charge on any atom is 0.0474 e. The van der Waals surface area contributed by atoms with Crippen LogP contribution in [0.15, 0.2) is 0 Å². The van der Waals surface area contributed by atoms with E-state index in [1.807, 2.05) is 0 Å². The number of ether oxygens (including phenoxy) is 1. The maximum atomic E-state index is 5.15. The van der Waals surface area contributed by atoms with E-state index in [1.54, 1.807) is 7.11 Å². The van der Waals surface area contributed by atoms with Gasteiger partial charge in [0.1, 0.15) is 0 Å². The van der Waals surface area contributed by atoms with Gasteiger partial charge in [0.05, 0.1) is 0 Å². The van der Waals surface area contributed by atoms with Crippen LogP contribution in [0.5, 0.6) is 0 Å². The zero-order valence-corrected chi connectivity index (χ0v) is 14.3. The van der Waals surface area contributed by atoms with Crippen LogP contribution >= 0.6 is 0 Å². The minimum Gasteiger partial charge on any atom is -0.385 e. The Hall–Kier alpha value is -0.120. The first kappa shape index (κ1) is 17.9. The third-order valence-corrected chi connectivity index (χ3v) is 4.87. The molecule has 0 heterocycles. The second-order valence-corrected chi connectivity index (χ2v) is 6.85. The summed E-state index contributed by atoms with van der Waals surface area (Å²) in [6.45, 7) is 11.4. The fraction of sp³-hybridized carbons (Fsp3) is 1.00. The molecule has 20 heavy (non-hydrogen) atoms. The van der Waals surface area contributed by atoms with Gasteiger partial charge in [-0.15, -0.1) is 0 Å². The van der Waals surface area contributed by atoms with Crippen molar-refractivity contribution >= 4 is 0 Å². The van der Waals surface area contributed by atoms with Crippen LogP contribution in [0, 0.1) is 17.8 Å². The monoisotopic (exact) mass is 284 g/mol. The highest BCUT2D eigenvalue weighted by molar-refractivity contribution is 4.87.